The highest BCUT2D eigenvalue weighted by Crippen LogP contribution is 2.36. The standard InChI is InChI=1S/C12H16BrNO4/c1-7(12(15)16)14-6-8-4-9(13)11(18-3)10(5-8)17-2/h4-5,7,14H,6H2,1-3H3,(H,15,16)/t7-/m0/s1. The average molecular weight is 318 g/mol. The third-order valence-corrected chi connectivity index (χ3v) is 3.07. The molecule has 0 saturated carbocycles. The van der Waals surface area contributed by atoms with Gasteiger partial charge in [-0.15, -0.1) is 0 Å². The van der Waals surface area contributed by atoms with Gasteiger partial charge in [0.2, 0.25) is 0 Å². The van der Waals surface area contributed by atoms with E-state index in [1.54, 1.807) is 21.1 Å². The number of hydrogen-bond donors (Lipinski definition) is 2. The minimum atomic E-state index is -0.880. The van der Waals surface area contributed by atoms with E-state index in [-0.39, 0.29) is 0 Å². The van der Waals surface area contributed by atoms with E-state index in [0.29, 0.717) is 18.0 Å². The fourth-order valence-electron chi connectivity index (χ4n) is 1.43. The molecule has 2 N–H and O–H groups in total. The molecule has 0 amide bonds. The quantitative estimate of drug-likeness (QED) is 0.840. The maximum atomic E-state index is 10.7. The van der Waals surface area contributed by atoms with Crippen LogP contribution in [0.25, 0.3) is 0 Å². The normalized spacial score (nSPS) is 12.0. The minimum Gasteiger partial charge on any atom is -0.493 e. The van der Waals surface area contributed by atoms with E-state index >= 15 is 0 Å². The molecular formula is C12H16BrNO4. The van der Waals surface area contributed by atoms with Gasteiger partial charge in [-0.3, -0.25) is 4.79 Å². The van der Waals surface area contributed by atoms with Gasteiger partial charge in [0.25, 0.3) is 0 Å². The van der Waals surface area contributed by atoms with Crippen LogP contribution in [-0.2, 0) is 11.3 Å². The minimum absolute atomic E-state index is 0.437. The lowest BCUT2D eigenvalue weighted by Gasteiger charge is -2.13. The van der Waals surface area contributed by atoms with Gasteiger partial charge < -0.3 is 19.9 Å². The van der Waals surface area contributed by atoms with Gasteiger partial charge >= 0.3 is 5.97 Å². The number of ether oxygens (including phenoxy) is 2. The summed E-state index contributed by atoms with van der Waals surface area (Å²) in [5, 5.41) is 11.7. The van der Waals surface area contributed by atoms with E-state index in [9.17, 15) is 4.79 Å². The van der Waals surface area contributed by atoms with E-state index in [0.717, 1.165) is 10.0 Å². The molecule has 1 aromatic carbocycles. The zero-order valence-electron chi connectivity index (χ0n) is 10.5. The second-order valence-corrected chi connectivity index (χ2v) is 4.61. The first kappa shape index (κ1) is 14.8. The summed E-state index contributed by atoms with van der Waals surface area (Å²) in [5.41, 5.74) is 0.910. The van der Waals surface area contributed by atoms with Gasteiger partial charge in [0.05, 0.1) is 18.7 Å². The number of nitrogens with one attached hydrogen (secondary N) is 1. The van der Waals surface area contributed by atoms with E-state index < -0.39 is 12.0 Å². The fourth-order valence-corrected chi connectivity index (χ4v) is 2.08. The molecule has 1 aromatic rings. The van der Waals surface area contributed by atoms with Crippen molar-refractivity contribution in [2.24, 2.45) is 0 Å². The molecule has 0 bridgehead atoms. The van der Waals surface area contributed by atoms with Gasteiger partial charge in [0.15, 0.2) is 11.5 Å². The maximum Gasteiger partial charge on any atom is 0.320 e. The number of rotatable bonds is 6. The lowest BCUT2D eigenvalue weighted by Crippen LogP contribution is -2.33. The van der Waals surface area contributed by atoms with E-state index in [4.69, 9.17) is 14.6 Å². The first-order chi connectivity index (χ1) is 8.49. The van der Waals surface area contributed by atoms with Crippen molar-refractivity contribution in [2.45, 2.75) is 19.5 Å². The van der Waals surface area contributed by atoms with Crippen molar-refractivity contribution in [1.29, 1.82) is 0 Å². The predicted octanol–water partition coefficient (Wildman–Crippen LogP) is 2.03. The fraction of sp³-hybridized carbons (Fsp3) is 0.417. The van der Waals surface area contributed by atoms with Crippen molar-refractivity contribution in [2.75, 3.05) is 14.2 Å². The van der Waals surface area contributed by atoms with Crippen molar-refractivity contribution < 1.29 is 19.4 Å². The Morgan fingerprint density at radius 3 is 2.61 bits per heavy atom. The Morgan fingerprint density at radius 1 is 1.44 bits per heavy atom. The number of methoxy groups -OCH3 is 2. The SMILES string of the molecule is COc1cc(CN[C@@H](C)C(=O)O)cc(Br)c1OC. The Morgan fingerprint density at radius 2 is 2.11 bits per heavy atom. The molecule has 6 heteroatoms. The van der Waals surface area contributed by atoms with Crippen LogP contribution >= 0.6 is 15.9 Å². The molecule has 1 atom stereocenters. The molecule has 0 unspecified atom stereocenters. The van der Waals surface area contributed by atoms with Crippen LogP contribution in [0.5, 0.6) is 11.5 Å². The van der Waals surface area contributed by atoms with Gasteiger partial charge in [0.1, 0.15) is 6.04 Å². The van der Waals surface area contributed by atoms with Crippen LogP contribution in [0, 0.1) is 0 Å². The highest BCUT2D eigenvalue weighted by Gasteiger charge is 2.13. The zero-order valence-corrected chi connectivity index (χ0v) is 12.1. The second-order valence-electron chi connectivity index (χ2n) is 3.75. The van der Waals surface area contributed by atoms with Crippen LogP contribution in [0.1, 0.15) is 12.5 Å². The molecule has 0 spiro atoms. The Bertz CT molecular complexity index is 436. The molecule has 0 aliphatic carbocycles. The molecule has 0 aromatic heterocycles. The van der Waals surface area contributed by atoms with E-state index in [2.05, 4.69) is 21.2 Å². The lowest BCUT2D eigenvalue weighted by molar-refractivity contribution is -0.139. The molecule has 0 saturated heterocycles. The molecule has 100 valence electrons. The molecule has 18 heavy (non-hydrogen) atoms. The highest BCUT2D eigenvalue weighted by molar-refractivity contribution is 9.10. The van der Waals surface area contributed by atoms with Crippen molar-refractivity contribution in [3.8, 4) is 11.5 Å². The monoisotopic (exact) mass is 317 g/mol. The van der Waals surface area contributed by atoms with Gasteiger partial charge in [-0.1, -0.05) is 0 Å². The van der Waals surface area contributed by atoms with Crippen molar-refractivity contribution in [3.63, 3.8) is 0 Å². The number of aliphatic carboxylic acids is 1. The van der Waals surface area contributed by atoms with E-state index in [1.807, 2.05) is 12.1 Å². The van der Waals surface area contributed by atoms with E-state index in [1.165, 1.54) is 0 Å². The summed E-state index contributed by atoms with van der Waals surface area (Å²) in [6.45, 7) is 2.03. The number of carboxylic acids is 1. The van der Waals surface area contributed by atoms with Crippen LogP contribution in [-0.4, -0.2) is 31.3 Å². The van der Waals surface area contributed by atoms with Crippen molar-refractivity contribution in [3.05, 3.63) is 22.2 Å². The summed E-state index contributed by atoms with van der Waals surface area (Å²) in [6.07, 6.45) is 0. The maximum absolute atomic E-state index is 10.7. The average Bonchev–Trinajstić information content (AvgIpc) is 2.34. The summed E-state index contributed by atoms with van der Waals surface area (Å²) in [6, 6.07) is 3.07. The van der Waals surface area contributed by atoms with Gasteiger partial charge in [-0.05, 0) is 40.5 Å². The predicted molar refractivity (Wildman–Crippen MR) is 71.2 cm³/mol. The Labute approximate surface area is 114 Å². The van der Waals surface area contributed by atoms with Crippen LogP contribution in [0.3, 0.4) is 0 Å². The number of carbonyl (C=O) groups is 1. The molecule has 5 nitrogen and oxygen atoms in total. The molecule has 1 rings (SSSR count). The summed E-state index contributed by atoms with van der Waals surface area (Å²) in [5.74, 6) is 0.341. The Balaban J connectivity index is 2.85. The van der Waals surface area contributed by atoms with Crippen molar-refractivity contribution in [1.82, 2.24) is 5.32 Å². The zero-order chi connectivity index (χ0) is 13.7. The van der Waals surface area contributed by atoms with Crippen LogP contribution < -0.4 is 14.8 Å². The number of halogens is 1. The summed E-state index contributed by atoms with van der Waals surface area (Å²) >= 11 is 3.39. The third-order valence-electron chi connectivity index (χ3n) is 2.48. The first-order valence-corrected chi connectivity index (χ1v) is 6.15. The van der Waals surface area contributed by atoms with Crippen molar-refractivity contribution >= 4 is 21.9 Å². The van der Waals surface area contributed by atoms with Crippen LogP contribution in [0.2, 0.25) is 0 Å². The molecule has 0 aliphatic heterocycles. The largest absolute Gasteiger partial charge is 0.493 e. The molecule has 0 fully saturated rings. The lowest BCUT2D eigenvalue weighted by atomic mass is 10.2. The molecular weight excluding hydrogens is 302 g/mol. The van der Waals surface area contributed by atoms with Gasteiger partial charge in [-0.2, -0.15) is 0 Å². The molecule has 0 radical (unpaired) electrons. The number of benzene rings is 1. The Kier molecular flexibility index (Phi) is 5.43. The number of carboxylic acid groups (broad SMARTS) is 1. The van der Waals surface area contributed by atoms with Crippen LogP contribution in [0.15, 0.2) is 16.6 Å². The third kappa shape index (κ3) is 3.61. The van der Waals surface area contributed by atoms with Gasteiger partial charge in [-0.25, -0.2) is 0 Å². The summed E-state index contributed by atoms with van der Waals surface area (Å²) < 4.78 is 11.2. The number of hydrogen-bond acceptors (Lipinski definition) is 4. The van der Waals surface area contributed by atoms with Crippen LogP contribution in [0.4, 0.5) is 0 Å². The summed E-state index contributed by atoms with van der Waals surface area (Å²) in [7, 11) is 3.12. The smallest absolute Gasteiger partial charge is 0.320 e. The molecule has 0 heterocycles. The molecule has 0 aliphatic rings. The van der Waals surface area contributed by atoms with Gasteiger partial charge in [0, 0.05) is 6.54 Å². The first-order valence-electron chi connectivity index (χ1n) is 5.36. The Hall–Kier alpha value is -1.27. The summed E-state index contributed by atoms with van der Waals surface area (Å²) in [4.78, 5) is 10.7. The topological polar surface area (TPSA) is 67.8 Å². The second kappa shape index (κ2) is 6.61. The highest BCUT2D eigenvalue weighted by atomic mass is 79.9.